The summed E-state index contributed by atoms with van der Waals surface area (Å²) < 4.78 is 5.05. The number of carbonyl (C=O) groups excluding carboxylic acids is 1. The van der Waals surface area contributed by atoms with Crippen molar-refractivity contribution >= 4 is 5.97 Å². The highest BCUT2D eigenvalue weighted by Crippen LogP contribution is 2.08. The number of piperazine rings is 1. The van der Waals surface area contributed by atoms with E-state index < -0.39 is 0 Å². The quantitative estimate of drug-likeness (QED) is 0.676. The smallest absolute Gasteiger partial charge is 0.324 e. The van der Waals surface area contributed by atoms with Crippen LogP contribution in [0.15, 0.2) is 0 Å². The molecule has 5 nitrogen and oxygen atoms in total. The van der Waals surface area contributed by atoms with Gasteiger partial charge >= 0.3 is 5.97 Å². The monoisotopic (exact) mass is 243 g/mol. The maximum absolute atomic E-state index is 11.7. The normalized spacial score (nSPS) is 24.6. The third-order valence-electron chi connectivity index (χ3n) is 3.30. The molecule has 1 heterocycles. The van der Waals surface area contributed by atoms with E-state index in [1.807, 2.05) is 14.0 Å². The molecule has 1 aliphatic heterocycles. The molecule has 100 valence electrons. The van der Waals surface area contributed by atoms with Crippen molar-refractivity contribution in [1.82, 2.24) is 15.1 Å². The standard InChI is InChI=1S/C12H25N3O2/c1-5-17-12(16)11(13-3)9-15-7-6-14(4)8-10(15)2/h10-11,13H,5-9H2,1-4H3. The number of rotatable bonds is 5. The number of esters is 1. The zero-order chi connectivity index (χ0) is 12.8. The van der Waals surface area contributed by atoms with E-state index in [0.29, 0.717) is 12.6 Å². The highest BCUT2D eigenvalue weighted by atomic mass is 16.5. The highest BCUT2D eigenvalue weighted by molar-refractivity contribution is 5.76. The minimum absolute atomic E-state index is 0.152. The zero-order valence-corrected chi connectivity index (χ0v) is 11.4. The van der Waals surface area contributed by atoms with Gasteiger partial charge in [-0.05, 0) is 27.9 Å². The summed E-state index contributed by atoms with van der Waals surface area (Å²) in [7, 11) is 3.94. The number of nitrogens with zero attached hydrogens (tertiary/aromatic N) is 2. The van der Waals surface area contributed by atoms with E-state index in [4.69, 9.17) is 4.74 Å². The van der Waals surface area contributed by atoms with Crippen LogP contribution in [0.25, 0.3) is 0 Å². The summed E-state index contributed by atoms with van der Waals surface area (Å²) in [6.07, 6.45) is 0. The van der Waals surface area contributed by atoms with Crippen LogP contribution in [-0.2, 0) is 9.53 Å². The van der Waals surface area contributed by atoms with Gasteiger partial charge in [0, 0.05) is 32.2 Å². The Bertz CT molecular complexity index is 248. The number of likely N-dealkylation sites (N-methyl/N-ethyl adjacent to an activating group) is 2. The number of carbonyl (C=O) groups is 1. The molecule has 1 aliphatic rings. The lowest BCUT2D eigenvalue weighted by Gasteiger charge is -2.39. The molecule has 0 amide bonds. The molecule has 0 aromatic heterocycles. The van der Waals surface area contributed by atoms with Gasteiger partial charge < -0.3 is 15.0 Å². The first-order chi connectivity index (χ1) is 8.08. The molecule has 17 heavy (non-hydrogen) atoms. The van der Waals surface area contributed by atoms with Gasteiger partial charge in [0.15, 0.2) is 0 Å². The van der Waals surface area contributed by atoms with Gasteiger partial charge in [0.05, 0.1) is 6.61 Å². The van der Waals surface area contributed by atoms with Gasteiger partial charge in [0.1, 0.15) is 6.04 Å². The average molecular weight is 243 g/mol. The minimum Gasteiger partial charge on any atom is -0.465 e. The number of nitrogens with one attached hydrogen (secondary N) is 1. The lowest BCUT2D eigenvalue weighted by molar-refractivity contribution is -0.146. The lowest BCUT2D eigenvalue weighted by atomic mass is 10.1. The summed E-state index contributed by atoms with van der Waals surface area (Å²) in [4.78, 5) is 16.4. The van der Waals surface area contributed by atoms with Gasteiger partial charge in [-0.2, -0.15) is 0 Å². The molecule has 5 heteroatoms. The third kappa shape index (κ3) is 4.26. The van der Waals surface area contributed by atoms with Gasteiger partial charge in [-0.15, -0.1) is 0 Å². The Balaban J connectivity index is 2.47. The Hall–Kier alpha value is -0.650. The molecule has 0 saturated carbocycles. The fourth-order valence-corrected chi connectivity index (χ4v) is 2.21. The topological polar surface area (TPSA) is 44.8 Å². The second-order valence-electron chi connectivity index (χ2n) is 4.70. The first-order valence-electron chi connectivity index (χ1n) is 6.35. The predicted molar refractivity (Wildman–Crippen MR) is 68.0 cm³/mol. The van der Waals surface area contributed by atoms with Gasteiger partial charge in [0.25, 0.3) is 0 Å². The molecule has 1 N–H and O–H groups in total. The average Bonchev–Trinajstić information content (AvgIpc) is 2.28. The van der Waals surface area contributed by atoms with E-state index in [0.717, 1.165) is 26.2 Å². The van der Waals surface area contributed by atoms with Crippen molar-refractivity contribution < 1.29 is 9.53 Å². The van der Waals surface area contributed by atoms with Crippen LogP contribution in [-0.4, -0.2) is 74.7 Å². The van der Waals surface area contributed by atoms with E-state index in [-0.39, 0.29) is 12.0 Å². The summed E-state index contributed by atoms with van der Waals surface area (Å²) in [5, 5.41) is 3.04. The molecule has 0 aromatic rings. The van der Waals surface area contributed by atoms with Crippen molar-refractivity contribution in [3.8, 4) is 0 Å². The van der Waals surface area contributed by atoms with Crippen LogP contribution in [0.5, 0.6) is 0 Å². The molecule has 0 spiro atoms. The zero-order valence-electron chi connectivity index (χ0n) is 11.4. The van der Waals surface area contributed by atoms with Crippen LogP contribution < -0.4 is 5.32 Å². The second kappa shape index (κ2) is 6.93. The molecule has 0 radical (unpaired) electrons. The molecule has 0 bridgehead atoms. The Kier molecular flexibility index (Phi) is 5.88. The van der Waals surface area contributed by atoms with Crippen LogP contribution in [0, 0.1) is 0 Å². The highest BCUT2D eigenvalue weighted by Gasteiger charge is 2.27. The first-order valence-corrected chi connectivity index (χ1v) is 6.35. The maximum atomic E-state index is 11.7. The van der Waals surface area contributed by atoms with Crippen molar-refractivity contribution in [1.29, 1.82) is 0 Å². The Morgan fingerprint density at radius 1 is 1.53 bits per heavy atom. The van der Waals surface area contributed by atoms with Crippen molar-refractivity contribution in [2.45, 2.75) is 25.9 Å². The van der Waals surface area contributed by atoms with Crippen molar-refractivity contribution in [3.63, 3.8) is 0 Å². The Morgan fingerprint density at radius 3 is 2.76 bits per heavy atom. The molecule has 2 unspecified atom stereocenters. The van der Waals surface area contributed by atoms with E-state index in [2.05, 4.69) is 29.1 Å². The fourth-order valence-electron chi connectivity index (χ4n) is 2.21. The lowest BCUT2D eigenvalue weighted by Crippen LogP contribution is -2.55. The molecular formula is C12H25N3O2. The molecule has 1 saturated heterocycles. The summed E-state index contributed by atoms with van der Waals surface area (Å²) in [6.45, 7) is 8.33. The van der Waals surface area contributed by atoms with Crippen LogP contribution in [0.3, 0.4) is 0 Å². The SMILES string of the molecule is CCOC(=O)C(CN1CCN(C)CC1C)NC. The first kappa shape index (κ1) is 14.4. The van der Waals surface area contributed by atoms with Gasteiger partial charge in [-0.3, -0.25) is 9.69 Å². The van der Waals surface area contributed by atoms with Crippen molar-refractivity contribution in [3.05, 3.63) is 0 Å². The third-order valence-corrected chi connectivity index (χ3v) is 3.30. The van der Waals surface area contributed by atoms with Gasteiger partial charge in [0.2, 0.25) is 0 Å². The van der Waals surface area contributed by atoms with Crippen molar-refractivity contribution in [2.75, 3.05) is 46.9 Å². The van der Waals surface area contributed by atoms with E-state index in [9.17, 15) is 4.79 Å². The van der Waals surface area contributed by atoms with Crippen LogP contribution in [0.2, 0.25) is 0 Å². The largest absolute Gasteiger partial charge is 0.465 e. The fraction of sp³-hybridized carbons (Fsp3) is 0.917. The number of ether oxygens (including phenoxy) is 1. The molecule has 2 atom stereocenters. The molecule has 1 rings (SSSR count). The summed E-state index contributed by atoms with van der Waals surface area (Å²) in [5.41, 5.74) is 0. The predicted octanol–water partition coefficient (Wildman–Crippen LogP) is -0.227. The summed E-state index contributed by atoms with van der Waals surface area (Å²) in [6, 6.07) is 0.264. The minimum atomic E-state index is -0.221. The van der Waals surface area contributed by atoms with Gasteiger partial charge in [-0.25, -0.2) is 0 Å². The summed E-state index contributed by atoms with van der Waals surface area (Å²) >= 11 is 0. The Labute approximate surface area is 104 Å². The Morgan fingerprint density at radius 2 is 2.24 bits per heavy atom. The maximum Gasteiger partial charge on any atom is 0.324 e. The molecular weight excluding hydrogens is 218 g/mol. The second-order valence-corrected chi connectivity index (χ2v) is 4.70. The number of hydrogen-bond donors (Lipinski definition) is 1. The van der Waals surface area contributed by atoms with Crippen molar-refractivity contribution in [2.24, 2.45) is 0 Å². The van der Waals surface area contributed by atoms with E-state index in [1.54, 1.807) is 0 Å². The van der Waals surface area contributed by atoms with Crippen LogP contribution in [0.1, 0.15) is 13.8 Å². The number of hydrogen-bond acceptors (Lipinski definition) is 5. The summed E-state index contributed by atoms with van der Waals surface area (Å²) in [5.74, 6) is -0.152. The van der Waals surface area contributed by atoms with Crippen LogP contribution in [0.4, 0.5) is 0 Å². The molecule has 0 aromatic carbocycles. The van der Waals surface area contributed by atoms with E-state index in [1.165, 1.54) is 0 Å². The van der Waals surface area contributed by atoms with Gasteiger partial charge in [-0.1, -0.05) is 0 Å². The molecule has 0 aliphatic carbocycles. The van der Waals surface area contributed by atoms with E-state index >= 15 is 0 Å². The van der Waals surface area contributed by atoms with Crippen LogP contribution >= 0.6 is 0 Å². The molecule has 1 fully saturated rings.